The maximum atomic E-state index is 13.8. The summed E-state index contributed by atoms with van der Waals surface area (Å²) in [6.45, 7) is 8.37. The molecule has 0 aliphatic rings. The first kappa shape index (κ1) is 14.3. The Morgan fingerprint density at radius 3 is 2.53 bits per heavy atom. The Morgan fingerprint density at radius 1 is 1.26 bits per heavy atom. The third-order valence-electron chi connectivity index (χ3n) is 3.31. The topological polar surface area (TPSA) is 17.8 Å². The standard InChI is InChI=1S/C15H20ClFN2/c1-9(2)8-10(3)19-13-7-5-6-12(17)14(13)18-15(19)11(4)16/h5-7,9-11H,8H2,1-4H3. The number of alkyl halides is 1. The molecule has 0 spiro atoms. The second kappa shape index (κ2) is 5.49. The summed E-state index contributed by atoms with van der Waals surface area (Å²) in [4.78, 5) is 4.40. The molecule has 0 aliphatic heterocycles. The molecule has 0 amide bonds. The summed E-state index contributed by atoms with van der Waals surface area (Å²) in [5.41, 5.74) is 1.25. The van der Waals surface area contributed by atoms with E-state index >= 15 is 0 Å². The molecule has 2 rings (SSSR count). The minimum absolute atomic E-state index is 0.235. The lowest BCUT2D eigenvalue weighted by molar-refractivity contribution is 0.425. The van der Waals surface area contributed by atoms with Crippen LogP contribution in [0.25, 0.3) is 11.0 Å². The highest BCUT2D eigenvalue weighted by atomic mass is 35.5. The van der Waals surface area contributed by atoms with Crippen molar-refractivity contribution in [1.29, 1.82) is 0 Å². The monoisotopic (exact) mass is 282 g/mol. The number of benzene rings is 1. The van der Waals surface area contributed by atoms with E-state index in [4.69, 9.17) is 11.6 Å². The van der Waals surface area contributed by atoms with Crippen molar-refractivity contribution in [2.75, 3.05) is 0 Å². The number of rotatable bonds is 4. The highest BCUT2D eigenvalue weighted by Gasteiger charge is 2.21. The van der Waals surface area contributed by atoms with E-state index in [2.05, 4.69) is 30.3 Å². The van der Waals surface area contributed by atoms with E-state index < -0.39 is 0 Å². The molecular formula is C15H20ClFN2. The molecule has 1 heterocycles. The molecule has 104 valence electrons. The summed E-state index contributed by atoms with van der Waals surface area (Å²) in [6, 6.07) is 5.32. The second-order valence-electron chi connectivity index (χ2n) is 5.54. The van der Waals surface area contributed by atoms with E-state index in [1.807, 2.05) is 13.0 Å². The summed E-state index contributed by atoms with van der Waals surface area (Å²) in [6.07, 6.45) is 1.01. The van der Waals surface area contributed by atoms with Crippen molar-refractivity contribution in [3.8, 4) is 0 Å². The largest absolute Gasteiger partial charge is 0.324 e. The maximum absolute atomic E-state index is 13.8. The molecule has 2 nitrogen and oxygen atoms in total. The summed E-state index contributed by atoms with van der Waals surface area (Å²) in [5.74, 6) is 1.03. The third kappa shape index (κ3) is 2.76. The van der Waals surface area contributed by atoms with Crippen LogP contribution < -0.4 is 0 Å². The summed E-state index contributed by atoms with van der Waals surface area (Å²) in [5, 5.41) is -0.235. The number of imidazole rings is 1. The minimum Gasteiger partial charge on any atom is -0.324 e. The fourth-order valence-electron chi connectivity index (χ4n) is 2.63. The van der Waals surface area contributed by atoms with Gasteiger partial charge in [0.1, 0.15) is 11.3 Å². The molecule has 0 fully saturated rings. The van der Waals surface area contributed by atoms with Gasteiger partial charge in [0.2, 0.25) is 0 Å². The lowest BCUT2D eigenvalue weighted by Gasteiger charge is -2.20. The predicted molar refractivity (Wildman–Crippen MR) is 78.1 cm³/mol. The van der Waals surface area contributed by atoms with Gasteiger partial charge in [-0.05, 0) is 38.3 Å². The third-order valence-corrected chi connectivity index (χ3v) is 3.50. The highest BCUT2D eigenvalue weighted by molar-refractivity contribution is 6.20. The molecule has 0 N–H and O–H groups in total. The van der Waals surface area contributed by atoms with Crippen LogP contribution in [0.2, 0.25) is 0 Å². The zero-order valence-electron chi connectivity index (χ0n) is 11.8. The minimum atomic E-state index is -0.286. The molecule has 4 heteroatoms. The quantitative estimate of drug-likeness (QED) is 0.715. The van der Waals surface area contributed by atoms with Gasteiger partial charge in [-0.15, -0.1) is 11.6 Å². The molecule has 0 saturated carbocycles. The number of hydrogen-bond acceptors (Lipinski definition) is 1. The Bertz CT molecular complexity index is 575. The van der Waals surface area contributed by atoms with Crippen LogP contribution in [0.3, 0.4) is 0 Å². The van der Waals surface area contributed by atoms with Crippen molar-refractivity contribution in [2.45, 2.75) is 45.5 Å². The maximum Gasteiger partial charge on any atom is 0.151 e. The molecule has 0 radical (unpaired) electrons. The average Bonchev–Trinajstić information content (AvgIpc) is 2.69. The van der Waals surface area contributed by atoms with Crippen molar-refractivity contribution < 1.29 is 4.39 Å². The Hall–Kier alpha value is -1.09. The van der Waals surface area contributed by atoms with Gasteiger partial charge in [-0.2, -0.15) is 0 Å². The normalized spacial score (nSPS) is 15.1. The number of nitrogens with zero attached hydrogens (tertiary/aromatic N) is 2. The van der Waals surface area contributed by atoms with Gasteiger partial charge >= 0.3 is 0 Å². The number of aromatic nitrogens is 2. The van der Waals surface area contributed by atoms with Gasteiger partial charge < -0.3 is 4.57 Å². The highest BCUT2D eigenvalue weighted by Crippen LogP contribution is 2.31. The van der Waals surface area contributed by atoms with E-state index in [0.29, 0.717) is 11.4 Å². The Kier molecular flexibility index (Phi) is 4.14. The van der Waals surface area contributed by atoms with Crippen molar-refractivity contribution in [3.63, 3.8) is 0 Å². The zero-order valence-corrected chi connectivity index (χ0v) is 12.6. The fourth-order valence-corrected chi connectivity index (χ4v) is 2.79. The van der Waals surface area contributed by atoms with Crippen LogP contribution >= 0.6 is 11.6 Å². The first-order valence-electron chi connectivity index (χ1n) is 6.72. The summed E-state index contributed by atoms with van der Waals surface area (Å²) < 4.78 is 15.9. The molecule has 0 saturated heterocycles. The Morgan fingerprint density at radius 2 is 1.95 bits per heavy atom. The Balaban J connectivity index is 2.62. The van der Waals surface area contributed by atoms with Crippen molar-refractivity contribution in [3.05, 3.63) is 29.8 Å². The Labute approximate surface area is 118 Å². The number of halogens is 2. The van der Waals surface area contributed by atoms with Crippen molar-refractivity contribution >= 4 is 22.6 Å². The van der Waals surface area contributed by atoms with Crippen LogP contribution in [0, 0.1) is 11.7 Å². The van der Waals surface area contributed by atoms with E-state index in [0.717, 1.165) is 17.8 Å². The van der Waals surface area contributed by atoms with E-state index in [9.17, 15) is 4.39 Å². The smallest absolute Gasteiger partial charge is 0.151 e. The number of hydrogen-bond donors (Lipinski definition) is 0. The fraction of sp³-hybridized carbons (Fsp3) is 0.533. The molecule has 0 bridgehead atoms. The summed E-state index contributed by atoms with van der Waals surface area (Å²) >= 11 is 6.21. The first-order valence-corrected chi connectivity index (χ1v) is 7.15. The van der Waals surface area contributed by atoms with Crippen LogP contribution in [-0.2, 0) is 0 Å². The predicted octanol–water partition coefficient (Wildman–Crippen LogP) is 5.08. The molecule has 19 heavy (non-hydrogen) atoms. The molecule has 0 aliphatic carbocycles. The van der Waals surface area contributed by atoms with E-state index in [1.165, 1.54) is 6.07 Å². The van der Waals surface area contributed by atoms with Crippen molar-refractivity contribution in [2.24, 2.45) is 5.92 Å². The SMILES string of the molecule is CC(C)CC(C)n1c(C(C)Cl)nc2c(F)cccc21. The zero-order chi connectivity index (χ0) is 14.2. The van der Waals surface area contributed by atoms with Gasteiger partial charge in [0.25, 0.3) is 0 Å². The van der Waals surface area contributed by atoms with Crippen LogP contribution in [0.4, 0.5) is 4.39 Å². The van der Waals surface area contributed by atoms with Crippen molar-refractivity contribution in [1.82, 2.24) is 9.55 Å². The van der Waals surface area contributed by atoms with Crippen LogP contribution in [0.5, 0.6) is 0 Å². The molecular weight excluding hydrogens is 263 g/mol. The van der Waals surface area contributed by atoms with Gasteiger partial charge in [-0.25, -0.2) is 9.37 Å². The molecule has 1 aromatic carbocycles. The number of para-hydroxylation sites is 1. The van der Waals surface area contributed by atoms with Crippen LogP contribution in [-0.4, -0.2) is 9.55 Å². The van der Waals surface area contributed by atoms with Gasteiger partial charge in [0, 0.05) is 6.04 Å². The lowest BCUT2D eigenvalue weighted by atomic mass is 10.0. The molecule has 2 aromatic rings. The van der Waals surface area contributed by atoms with E-state index in [-0.39, 0.29) is 17.2 Å². The lowest BCUT2D eigenvalue weighted by Crippen LogP contribution is -2.12. The van der Waals surface area contributed by atoms with Crippen LogP contribution in [0.15, 0.2) is 18.2 Å². The first-order chi connectivity index (χ1) is 8.91. The van der Waals surface area contributed by atoms with Gasteiger partial charge in [0.15, 0.2) is 5.82 Å². The van der Waals surface area contributed by atoms with E-state index in [1.54, 1.807) is 6.07 Å². The summed E-state index contributed by atoms with van der Waals surface area (Å²) in [7, 11) is 0. The molecule has 2 atom stereocenters. The molecule has 1 aromatic heterocycles. The van der Waals surface area contributed by atoms with Gasteiger partial charge in [-0.3, -0.25) is 0 Å². The second-order valence-corrected chi connectivity index (χ2v) is 6.20. The average molecular weight is 283 g/mol. The van der Waals surface area contributed by atoms with Gasteiger partial charge in [-0.1, -0.05) is 19.9 Å². The molecule has 2 unspecified atom stereocenters. The number of fused-ring (bicyclic) bond motifs is 1. The van der Waals surface area contributed by atoms with Crippen LogP contribution in [0.1, 0.15) is 51.4 Å². The van der Waals surface area contributed by atoms with Gasteiger partial charge in [0.05, 0.1) is 10.9 Å².